The van der Waals surface area contributed by atoms with Crippen LogP contribution in [0.3, 0.4) is 0 Å². The largest absolute Gasteiger partial charge is 0.491 e. The molecule has 14 heavy (non-hydrogen) atoms. The molecule has 0 amide bonds. The lowest BCUT2D eigenvalue weighted by molar-refractivity contribution is -0.0878. The van der Waals surface area contributed by atoms with Crippen molar-refractivity contribution in [3.05, 3.63) is 12.0 Å². The van der Waals surface area contributed by atoms with Crippen LogP contribution in [0, 0.1) is 0 Å². The van der Waals surface area contributed by atoms with E-state index >= 15 is 0 Å². The summed E-state index contributed by atoms with van der Waals surface area (Å²) in [5.41, 5.74) is 0.301. The first-order valence-electron chi connectivity index (χ1n) is 4.16. The van der Waals surface area contributed by atoms with Crippen LogP contribution in [0.5, 0.6) is 0 Å². The Balaban J connectivity index is 2.70. The topological polar surface area (TPSA) is 82.0 Å². The van der Waals surface area contributed by atoms with Crippen LogP contribution in [0.4, 0.5) is 0 Å². The van der Waals surface area contributed by atoms with E-state index in [0.717, 1.165) is 0 Å². The Morgan fingerprint density at radius 2 is 2.29 bits per heavy atom. The number of aliphatic hydroxyl groups is 3. The fourth-order valence-corrected chi connectivity index (χ4v) is 1.27. The van der Waals surface area contributed by atoms with Crippen LogP contribution in [0.1, 0.15) is 6.92 Å². The van der Waals surface area contributed by atoms with Crippen molar-refractivity contribution in [1.82, 2.24) is 5.32 Å². The van der Waals surface area contributed by atoms with Gasteiger partial charge in [0.25, 0.3) is 0 Å². The number of ether oxygens (including phenoxy) is 1. The first-order chi connectivity index (χ1) is 6.56. The standard InChI is InChI=1S/C8H13NO4S/c1-4(14)9-5-3-13-6(2-10)8(12)7(5)11/h3,6-8,10-12H,2H2,1H3,(H,9,14)/t6-,7-,8-/m1/s1. The number of rotatable bonds is 2. The van der Waals surface area contributed by atoms with E-state index < -0.39 is 18.3 Å². The van der Waals surface area contributed by atoms with E-state index in [9.17, 15) is 10.2 Å². The summed E-state index contributed by atoms with van der Waals surface area (Å²) in [4.78, 5) is 0.466. The zero-order valence-corrected chi connectivity index (χ0v) is 8.49. The smallest absolute Gasteiger partial charge is 0.150 e. The number of aliphatic hydroxyl groups excluding tert-OH is 3. The molecule has 0 aromatic rings. The molecule has 1 rings (SSSR count). The summed E-state index contributed by atoms with van der Waals surface area (Å²) in [6.45, 7) is 1.30. The van der Waals surface area contributed by atoms with Crippen LogP contribution in [-0.2, 0) is 4.74 Å². The highest BCUT2D eigenvalue weighted by Crippen LogP contribution is 2.16. The molecule has 0 aromatic carbocycles. The van der Waals surface area contributed by atoms with E-state index in [1.807, 2.05) is 0 Å². The second-order valence-electron chi connectivity index (χ2n) is 3.05. The Hall–Kier alpha value is -0.690. The van der Waals surface area contributed by atoms with Crippen molar-refractivity contribution in [2.24, 2.45) is 0 Å². The van der Waals surface area contributed by atoms with Gasteiger partial charge in [0.15, 0.2) is 0 Å². The van der Waals surface area contributed by atoms with Crippen LogP contribution in [0.15, 0.2) is 12.0 Å². The number of thiocarbonyl (C=S) groups is 1. The van der Waals surface area contributed by atoms with Gasteiger partial charge in [-0.05, 0) is 6.92 Å². The summed E-state index contributed by atoms with van der Waals surface area (Å²) >= 11 is 4.78. The first kappa shape index (κ1) is 11.4. The highest BCUT2D eigenvalue weighted by atomic mass is 32.1. The normalized spacial score (nSPS) is 31.7. The fraction of sp³-hybridized carbons (Fsp3) is 0.625. The Bertz CT molecular complexity index is 256. The Kier molecular flexibility index (Phi) is 3.82. The molecule has 0 saturated heterocycles. The Morgan fingerprint density at radius 1 is 1.64 bits per heavy atom. The van der Waals surface area contributed by atoms with E-state index in [0.29, 0.717) is 10.7 Å². The van der Waals surface area contributed by atoms with Crippen molar-refractivity contribution in [1.29, 1.82) is 0 Å². The molecule has 0 spiro atoms. The zero-order chi connectivity index (χ0) is 10.7. The quantitative estimate of drug-likeness (QED) is 0.440. The summed E-state index contributed by atoms with van der Waals surface area (Å²) in [5.74, 6) is 0. The first-order valence-corrected chi connectivity index (χ1v) is 4.57. The molecule has 0 radical (unpaired) electrons. The highest BCUT2D eigenvalue weighted by Gasteiger charge is 2.33. The van der Waals surface area contributed by atoms with Crippen molar-refractivity contribution < 1.29 is 20.1 Å². The minimum atomic E-state index is -1.15. The van der Waals surface area contributed by atoms with E-state index in [1.165, 1.54) is 6.26 Å². The van der Waals surface area contributed by atoms with Gasteiger partial charge in [0.05, 0.1) is 17.3 Å². The lowest BCUT2D eigenvalue weighted by Gasteiger charge is -2.31. The predicted octanol–water partition coefficient (Wildman–Crippen LogP) is -1.12. The summed E-state index contributed by atoms with van der Waals surface area (Å²) in [6, 6.07) is 0. The van der Waals surface area contributed by atoms with Gasteiger partial charge in [-0.25, -0.2) is 0 Å². The van der Waals surface area contributed by atoms with E-state index in [1.54, 1.807) is 6.92 Å². The molecule has 1 aliphatic rings. The summed E-state index contributed by atoms with van der Waals surface area (Å²) in [5, 5.41) is 30.5. The lowest BCUT2D eigenvalue weighted by Crippen LogP contribution is -2.47. The van der Waals surface area contributed by atoms with E-state index in [4.69, 9.17) is 22.1 Å². The maximum atomic E-state index is 9.56. The summed E-state index contributed by atoms with van der Waals surface area (Å²) in [6.07, 6.45) is -1.80. The predicted molar refractivity (Wildman–Crippen MR) is 53.5 cm³/mol. The Labute approximate surface area is 87.0 Å². The van der Waals surface area contributed by atoms with Gasteiger partial charge >= 0.3 is 0 Å². The van der Waals surface area contributed by atoms with Crippen molar-refractivity contribution in [2.75, 3.05) is 6.61 Å². The summed E-state index contributed by atoms with van der Waals surface area (Å²) in [7, 11) is 0. The lowest BCUT2D eigenvalue weighted by atomic mass is 10.0. The molecule has 5 nitrogen and oxygen atoms in total. The maximum absolute atomic E-state index is 9.56. The van der Waals surface area contributed by atoms with Crippen molar-refractivity contribution in [3.8, 4) is 0 Å². The molecule has 6 heteroatoms. The molecule has 4 N–H and O–H groups in total. The van der Waals surface area contributed by atoms with Gasteiger partial charge in [-0.15, -0.1) is 0 Å². The highest BCUT2D eigenvalue weighted by molar-refractivity contribution is 7.80. The van der Waals surface area contributed by atoms with Gasteiger partial charge in [-0.2, -0.15) is 0 Å². The molecule has 0 unspecified atom stereocenters. The zero-order valence-electron chi connectivity index (χ0n) is 7.67. The molecular weight excluding hydrogens is 206 g/mol. The summed E-state index contributed by atoms with van der Waals surface area (Å²) < 4.78 is 4.98. The minimum absolute atomic E-state index is 0.301. The molecule has 80 valence electrons. The SMILES string of the molecule is CC(=S)NC1=CO[C@H](CO)[C@@H](O)[C@@H]1O. The van der Waals surface area contributed by atoms with E-state index in [2.05, 4.69) is 5.32 Å². The third-order valence-electron chi connectivity index (χ3n) is 1.89. The molecular formula is C8H13NO4S. The van der Waals surface area contributed by atoms with Crippen LogP contribution in [0.25, 0.3) is 0 Å². The molecule has 0 aliphatic carbocycles. The molecule has 0 bridgehead atoms. The monoisotopic (exact) mass is 219 g/mol. The average Bonchev–Trinajstić information content (AvgIpc) is 2.13. The molecule has 1 aliphatic heterocycles. The van der Waals surface area contributed by atoms with Crippen LogP contribution in [-0.4, -0.2) is 45.2 Å². The number of hydrogen-bond donors (Lipinski definition) is 4. The Morgan fingerprint density at radius 3 is 2.79 bits per heavy atom. The van der Waals surface area contributed by atoms with Crippen molar-refractivity contribution in [3.63, 3.8) is 0 Å². The van der Waals surface area contributed by atoms with E-state index in [-0.39, 0.29) is 6.61 Å². The molecule has 3 atom stereocenters. The van der Waals surface area contributed by atoms with Gasteiger partial charge in [0.2, 0.25) is 0 Å². The van der Waals surface area contributed by atoms with Crippen LogP contribution >= 0.6 is 12.2 Å². The minimum Gasteiger partial charge on any atom is -0.491 e. The number of hydrogen-bond acceptors (Lipinski definition) is 5. The molecule has 0 saturated carbocycles. The third-order valence-corrected chi connectivity index (χ3v) is 2.00. The van der Waals surface area contributed by atoms with Gasteiger partial charge in [0, 0.05) is 0 Å². The molecule has 0 aromatic heterocycles. The van der Waals surface area contributed by atoms with Crippen LogP contribution in [0.2, 0.25) is 0 Å². The van der Waals surface area contributed by atoms with Crippen molar-refractivity contribution >= 4 is 17.2 Å². The third kappa shape index (κ3) is 2.42. The number of nitrogens with one attached hydrogen (secondary N) is 1. The van der Waals surface area contributed by atoms with Crippen molar-refractivity contribution in [2.45, 2.75) is 25.2 Å². The van der Waals surface area contributed by atoms with Gasteiger partial charge in [-0.3, -0.25) is 0 Å². The van der Waals surface area contributed by atoms with Gasteiger partial charge in [0.1, 0.15) is 24.6 Å². The fourth-order valence-electron chi connectivity index (χ4n) is 1.16. The maximum Gasteiger partial charge on any atom is 0.150 e. The van der Waals surface area contributed by atoms with Crippen LogP contribution < -0.4 is 5.32 Å². The molecule has 1 heterocycles. The molecule has 0 fully saturated rings. The van der Waals surface area contributed by atoms with Gasteiger partial charge < -0.3 is 25.4 Å². The average molecular weight is 219 g/mol. The van der Waals surface area contributed by atoms with Gasteiger partial charge in [-0.1, -0.05) is 12.2 Å². The second kappa shape index (κ2) is 4.70. The second-order valence-corrected chi connectivity index (χ2v) is 3.66.